The van der Waals surface area contributed by atoms with Crippen molar-refractivity contribution in [2.75, 3.05) is 0 Å². The summed E-state index contributed by atoms with van der Waals surface area (Å²) < 4.78 is 8.68. The van der Waals surface area contributed by atoms with Crippen LogP contribution in [0, 0.1) is 32.9 Å². The van der Waals surface area contributed by atoms with E-state index in [2.05, 4.69) is 161 Å². The number of fused-ring (bicyclic) bond motifs is 6. The van der Waals surface area contributed by atoms with Crippen molar-refractivity contribution in [3.8, 4) is 22.5 Å². The average molecular weight is 901 g/mol. The second-order valence-corrected chi connectivity index (χ2v) is 20.9. The number of pyridine rings is 2. The number of rotatable bonds is 5. The summed E-state index contributed by atoms with van der Waals surface area (Å²) in [7, 11) is -1.32. The topological polar surface area (TPSA) is 38.9 Å². The van der Waals surface area contributed by atoms with Crippen molar-refractivity contribution in [3.63, 3.8) is 0 Å². The Morgan fingerprint density at radius 2 is 1.47 bits per heavy atom. The van der Waals surface area contributed by atoms with Crippen molar-refractivity contribution in [1.82, 2.24) is 9.97 Å². The van der Waals surface area contributed by atoms with Crippen LogP contribution in [0.25, 0.3) is 64.6 Å². The summed E-state index contributed by atoms with van der Waals surface area (Å²) in [5.41, 5.74) is 12.1. The van der Waals surface area contributed by atoms with Gasteiger partial charge in [-0.25, -0.2) is 0 Å². The van der Waals surface area contributed by atoms with Gasteiger partial charge in [0.2, 0.25) is 0 Å². The molecule has 4 heterocycles. The largest absolute Gasteiger partial charge is 0.500 e. The standard InChI is InChI=1S/C26H20NO.C21H20NSSi.Ir/c1-17-12-18(2)26-22-16-21(8-9-24(22)28-25(26)13-17)23-15-20(10-11-27-23)14-19-6-4-3-5-7-19;1-14-9-11-16(18-12-10-15(13-22-18)24(2,3)4)21-20(14)17-7-5-6-8-19(17)23-21;/h3-7,9-13,15-16H,14H2,1-2H3;5-10,12-13H,1-4H3;/q2*-1;. The zero-order valence-corrected chi connectivity index (χ0v) is 35.0. The summed E-state index contributed by atoms with van der Waals surface area (Å²) in [6, 6.07) is 45.1. The van der Waals surface area contributed by atoms with Gasteiger partial charge in [-0.05, 0) is 87.4 Å². The van der Waals surface area contributed by atoms with Crippen LogP contribution in [0.5, 0.6) is 0 Å². The fourth-order valence-corrected chi connectivity index (χ4v) is 9.37. The van der Waals surface area contributed by atoms with Gasteiger partial charge in [0.05, 0.1) is 13.7 Å². The molecule has 9 rings (SSSR count). The summed E-state index contributed by atoms with van der Waals surface area (Å²) in [6.45, 7) is 13.5. The Morgan fingerprint density at radius 3 is 2.25 bits per heavy atom. The Morgan fingerprint density at radius 1 is 0.679 bits per heavy atom. The Balaban J connectivity index is 0.000000163. The molecule has 0 atom stereocenters. The van der Waals surface area contributed by atoms with Crippen LogP contribution in [0.1, 0.15) is 27.8 Å². The van der Waals surface area contributed by atoms with Gasteiger partial charge in [0, 0.05) is 42.6 Å². The third-order valence-electron chi connectivity index (χ3n) is 9.73. The van der Waals surface area contributed by atoms with Gasteiger partial charge in [-0.2, -0.15) is 11.3 Å². The molecule has 0 saturated heterocycles. The third kappa shape index (κ3) is 7.42. The molecule has 0 amide bonds. The van der Waals surface area contributed by atoms with E-state index >= 15 is 0 Å². The van der Waals surface area contributed by atoms with E-state index in [1.54, 1.807) is 0 Å². The Hall–Kier alpha value is -4.71. The van der Waals surface area contributed by atoms with Crippen molar-refractivity contribution in [2.24, 2.45) is 0 Å². The van der Waals surface area contributed by atoms with Crippen molar-refractivity contribution in [3.05, 3.63) is 162 Å². The number of aromatic nitrogens is 2. The normalized spacial score (nSPS) is 11.5. The van der Waals surface area contributed by atoms with E-state index in [1.807, 2.05) is 29.7 Å². The minimum Gasteiger partial charge on any atom is -0.500 e. The molecule has 0 aliphatic carbocycles. The molecule has 265 valence electrons. The Kier molecular flexibility index (Phi) is 10.3. The molecule has 5 aromatic carbocycles. The molecular weight excluding hydrogens is 861 g/mol. The molecule has 0 saturated carbocycles. The van der Waals surface area contributed by atoms with Gasteiger partial charge >= 0.3 is 0 Å². The van der Waals surface area contributed by atoms with Gasteiger partial charge in [0.15, 0.2) is 0 Å². The quantitative estimate of drug-likeness (QED) is 0.128. The fourth-order valence-electron chi connectivity index (χ4n) is 7.05. The SMILES string of the molecule is Cc1c[c-]c(-c2ccc([Si](C)(C)C)cn2)c2sc3ccccc3c12.Cc1cc(C)c2c(c1)oc1c[c-]c(-c3cc(Cc4ccccc4)ccn3)cc12.[Ir]. The summed E-state index contributed by atoms with van der Waals surface area (Å²) in [5, 5.41) is 6.38. The van der Waals surface area contributed by atoms with E-state index in [0.29, 0.717) is 0 Å². The molecule has 0 unspecified atom stereocenters. The zero-order chi connectivity index (χ0) is 36.0. The van der Waals surface area contributed by atoms with E-state index in [1.165, 1.54) is 58.6 Å². The van der Waals surface area contributed by atoms with Crippen molar-refractivity contribution < 1.29 is 24.5 Å². The number of benzene rings is 5. The number of hydrogen-bond acceptors (Lipinski definition) is 4. The predicted octanol–water partition coefficient (Wildman–Crippen LogP) is 12.4. The van der Waals surface area contributed by atoms with Gasteiger partial charge in [0.25, 0.3) is 0 Å². The first kappa shape index (κ1) is 36.6. The zero-order valence-electron chi connectivity index (χ0n) is 30.8. The average Bonchev–Trinajstić information content (AvgIpc) is 3.71. The van der Waals surface area contributed by atoms with Crippen LogP contribution in [0.15, 0.2) is 126 Å². The Labute approximate surface area is 330 Å². The van der Waals surface area contributed by atoms with Gasteiger partial charge in [-0.1, -0.05) is 110 Å². The predicted molar refractivity (Wildman–Crippen MR) is 224 cm³/mol. The van der Waals surface area contributed by atoms with Crippen molar-refractivity contribution in [2.45, 2.75) is 46.8 Å². The smallest absolute Gasteiger partial charge is 0.121 e. The molecule has 0 aliphatic heterocycles. The molecule has 9 aromatic rings. The summed E-state index contributed by atoms with van der Waals surface area (Å²) in [5.74, 6) is 0. The first-order valence-corrected chi connectivity index (χ1v) is 22.1. The van der Waals surface area contributed by atoms with E-state index in [9.17, 15) is 0 Å². The minimum atomic E-state index is -1.32. The van der Waals surface area contributed by atoms with E-state index < -0.39 is 8.07 Å². The maximum absolute atomic E-state index is 6.06. The minimum absolute atomic E-state index is 0. The van der Waals surface area contributed by atoms with Crippen LogP contribution < -0.4 is 5.19 Å². The molecule has 0 fully saturated rings. The Bertz CT molecular complexity index is 2730. The van der Waals surface area contributed by atoms with Crippen LogP contribution in [0.3, 0.4) is 0 Å². The third-order valence-corrected chi connectivity index (χ3v) is 12.9. The van der Waals surface area contributed by atoms with Crippen LogP contribution in [0.4, 0.5) is 0 Å². The van der Waals surface area contributed by atoms with Crippen LogP contribution in [0.2, 0.25) is 19.6 Å². The van der Waals surface area contributed by atoms with Crippen molar-refractivity contribution >= 4 is 66.7 Å². The molecule has 0 bridgehead atoms. The number of aryl methyl sites for hydroxylation is 3. The van der Waals surface area contributed by atoms with E-state index in [-0.39, 0.29) is 20.1 Å². The van der Waals surface area contributed by atoms with Crippen LogP contribution in [-0.2, 0) is 26.5 Å². The van der Waals surface area contributed by atoms with Gasteiger partial charge in [-0.15, -0.1) is 47.0 Å². The summed E-state index contributed by atoms with van der Waals surface area (Å²) in [4.78, 5) is 9.37. The molecule has 1 radical (unpaired) electrons. The maximum atomic E-state index is 6.06. The summed E-state index contributed by atoms with van der Waals surface area (Å²) >= 11 is 1.84. The number of hydrogen-bond donors (Lipinski definition) is 0. The molecule has 3 nitrogen and oxygen atoms in total. The van der Waals surface area contributed by atoms with Crippen LogP contribution >= 0.6 is 11.3 Å². The first-order valence-electron chi connectivity index (χ1n) is 17.8. The molecule has 0 aliphatic rings. The molecule has 0 N–H and O–H groups in total. The second-order valence-electron chi connectivity index (χ2n) is 14.7. The molecule has 6 heteroatoms. The number of thiophene rings is 1. The fraction of sp³-hybridized carbons (Fsp3) is 0.149. The van der Waals surface area contributed by atoms with Crippen LogP contribution in [-0.4, -0.2) is 18.0 Å². The summed E-state index contributed by atoms with van der Waals surface area (Å²) in [6.07, 6.45) is 4.84. The van der Waals surface area contributed by atoms with E-state index in [0.717, 1.165) is 45.5 Å². The molecule has 0 spiro atoms. The second kappa shape index (κ2) is 15.0. The number of furan rings is 1. The molecular formula is C47H40IrN2OSSi-2. The van der Waals surface area contributed by atoms with Gasteiger partial charge in [-0.3, -0.25) is 0 Å². The molecule has 53 heavy (non-hydrogen) atoms. The monoisotopic (exact) mass is 901 g/mol. The number of nitrogens with zero attached hydrogens (tertiary/aromatic N) is 2. The first-order chi connectivity index (χ1) is 25.1. The van der Waals surface area contributed by atoms with Crippen molar-refractivity contribution in [1.29, 1.82) is 0 Å². The van der Waals surface area contributed by atoms with Gasteiger partial charge in [0.1, 0.15) is 5.58 Å². The molecule has 4 aromatic heterocycles. The maximum Gasteiger partial charge on any atom is 0.121 e. The van der Waals surface area contributed by atoms with E-state index in [4.69, 9.17) is 9.40 Å². The van der Waals surface area contributed by atoms with Gasteiger partial charge < -0.3 is 14.4 Å².